The Morgan fingerprint density at radius 3 is 2.45 bits per heavy atom. The number of likely N-dealkylation sites (tertiary alicyclic amines) is 1. The van der Waals surface area contributed by atoms with Gasteiger partial charge in [-0.25, -0.2) is 4.98 Å². The summed E-state index contributed by atoms with van der Waals surface area (Å²) in [7, 11) is 0. The number of nitrogens with zero attached hydrogens (tertiary/aromatic N) is 2. The second-order valence-corrected chi connectivity index (χ2v) is 10.0. The van der Waals surface area contributed by atoms with Gasteiger partial charge in [0.25, 0.3) is 11.8 Å². The van der Waals surface area contributed by atoms with Gasteiger partial charge < -0.3 is 27.2 Å². The van der Waals surface area contributed by atoms with Crippen molar-refractivity contribution in [3.63, 3.8) is 0 Å². The molecule has 4 rings (SSSR count). The van der Waals surface area contributed by atoms with Crippen molar-refractivity contribution < 1.29 is 24.3 Å². The Labute approximate surface area is 231 Å². The van der Waals surface area contributed by atoms with E-state index >= 15 is 0 Å². The van der Waals surface area contributed by atoms with E-state index in [-0.39, 0.29) is 31.0 Å². The summed E-state index contributed by atoms with van der Waals surface area (Å²) in [5, 5.41) is 17.1. The third kappa shape index (κ3) is 6.80. The van der Waals surface area contributed by atoms with Crippen LogP contribution < -0.4 is 22.1 Å². The minimum absolute atomic E-state index is 0.0336. The number of carbonyl (C=O) groups excluding carboxylic acids is 4. The molecule has 0 aliphatic carbocycles. The summed E-state index contributed by atoms with van der Waals surface area (Å²) >= 11 is 0. The SMILES string of the molecule is NC(=O)C[C@H](NC(=O)c1ccc2ccccc2n1)C(=O)NCCCCN1CC(c2ccccc2)C[C@@]1(O)C(N)=O. The van der Waals surface area contributed by atoms with E-state index in [2.05, 4.69) is 15.6 Å². The Morgan fingerprint density at radius 1 is 1.00 bits per heavy atom. The Kier molecular flexibility index (Phi) is 9.08. The second kappa shape index (κ2) is 12.7. The molecule has 0 radical (unpaired) electrons. The van der Waals surface area contributed by atoms with Crippen LogP contribution in [0.4, 0.5) is 0 Å². The zero-order valence-electron chi connectivity index (χ0n) is 22.1. The highest BCUT2D eigenvalue weighted by Gasteiger charge is 2.48. The molecule has 0 bridgehead atoms. The van der Waals surface area contributed by atoms with Crippen molar-refractivity contribution in [3.8, 4) is 0 Å². The number of unbranched alkanes of at least 4 members (excludes halogenated alkanes) is 1. The number of hydrogen-bond donors (Lipinski definition) is 5. The summed E-state index contributed by atoms with van der Waals surface area (Å²) in [5.41, 5.74) is 10.9. The quantitative estimate of drug-likeness (QED) is 0.208. The minimum Gasteiger partial charge on any atom is -0.370 e. The predicted octanol–water partition coefficient (Wildman–Crippen LogP) is 0.768. The van der Waals surface area contributed by atoms with E-state index in [4.69, 9.17) is 11.5 Å². The smallest absolute Gasteiger partial charge is 0.270 e. The standard InChI is InChI=1S/C29H34N6O5/c30-25(36)16-24(34-27(38)23-13-12-20-10-4-5-11-22(20)33-23)26(37)32-14-6-7-15-35-18-21(17-29(35,40)28(31)39)19-8-2-1-3-9-19/h1-5,8-13,21,24,40H,6-7,14-18H2,(H2,30,36)(H2,31,39)(H,32,37)(H,34,38)/t21?,24-,29+/m0/s1. The van der Waals surface area contributed by atoms with Crippen LogP contribution in [0, 0.1) is 0 Å². The highest BCUT2D eigenvalue weighted by Crippen LogP contribution is 2.37. The van der Waals surface area contributed by atoms with Gasteiger partial charge in [-0.1, -0.05) is 54.6 Å². The monoisotopic (exact) mass is 546 g/mol. The average molecular weight is 547 g/mol. The van der Waals surface area contributed by atoms with Crippen molar-refractivity contribution >= 4 is 34.5 Å². The number of pyridine rings is 1. The lowest BCUT2D eigenvalue weighted by atomic mass is 9.95. The summed E-state index contributed by atoms with van der Waals surface area (Å²) in [6.45, 7) is 1.13. The zero-order valence-corrected chi connectivity index (χ0v) is 22.1. The number of aliphatic hydroxyl groups is 1. The van der Waals surface area contributed by atoms with E-state index in [1.165, 1.54) is 0 Å². The summed E-state index contributed by atoms with van der Waals surface area (Å²) in [6, 6.07) is 19.1. The van der Waals surface area contributed by atoms with Crippen LogP contribution in [0.2, 0.25) is 0 Å². The molecule has 3 aromatic rings. The fraction of sp³-hybridized carbons (Fsp3) is 0.345. The largest absolute Gasteiger partial charge is 0.370 e. The fourth-order valence-electron chi connectivity index (χ4n) is 5.03. The Morgan fingerprint density at radius 2 is 1.73 bits per heavy atom. The van der Waals surface area contributed by atoms with Crippen molar-refractivity contribution in [1.29, 1.82) is 0 Å². The third-order valence-corrected chi connectivity index (χ3v) is 7.17. The van der Waals surface area contributed by atoms with Gasteiger partial charge in [-0.2, -0.15) is 0 Å². The van der Waals surface area contributed by atoms with E-state index in [9.17, 15) is 24.3 Å². The van der Waals surface area contributed by atoms with Gasteiger partial charge in [-0.3, -0.25) is 24.1 Å². The first-order valence-electron chi connectivity index (χ1n) is 13.2. The van der Waals surface area contributed by atoms with Crippen molar-refractivity contribution in [1.82, 2.24) is 20.5 Å². The number of carbonyl (C=O) groups is 4. The normalized spacial score (nSPS) is 19.7. The van der Waals surface area contributed by atoms with Crippen LogP contribution in [0.25, 0.3) is 10.9 Å². The van der Waals surface area contributed by atoms with Crippen molar-refractivity contribution in [2.75, 3.05) is 19.6 Å². The summed E-state index contributed by atoms with van der Waals surface area (Å²) in [4.78, 5) is 55.3. The van der Waals surface area contributed by atoms with Crippen LogP contribution in [-0.4, -0.2) is 70.0 Å². The lowest BCUT2D eigenvalue weighted by Gasteiger charge is -2.30. The van der Waals surface area contributed by atoms with Crippen LogP contribution in [0.1, 0.15) is 47.7 Å². The second-order valence-electron chi connectivity index (χ2n) is 10.0. The molecular formula is C29H34N6O5. The molecule has 2 aromatic carbocycles. The molecule has 4 amide bonds. The van der Waals surface area contributed by atoms with Gasteiger partial charge in [-0.15, -0.1) is 0 Å². The Bertz CT molecular complexity index is 1380. The molecule has 1 aliphatic rings. The Balaban J connectivity index is 1.29. The van der Waals surface area contributed by atoms with E-state index in [0.29, 0.717) is 31.4 Å². The minimum atomic E-state index is -1.74. The first-order valence-corrected chi connectivity index (χ1v) is 13.2. The van der Waals surface area contributed by atoms with Crippen LogP contribution in [0.5, 0.6) is 0 Å². The molecule has 2 heterocycles. The van der Waals surface area contributed by atoms with Gasteiger partial charge in [0, 0.05) is 37.4 Å². The molecular weight excluding hydrogens is 512 g/mol. The third-order valence-electron chi connectivity index (χ3n) is 7.17. The maximum absolute atomic E-state index is 12.8. The van der Waals surface area contributed by atoms with E-state index in [1.54, 1.807) is 29.2 Å². The van der Waals surface area contributed by atoms with E-state index in [0.717, 1.165) is 10.9 Å². The number of rotatable bonds is 12. The number of primary amides is 2. The number of aromatic nitrogens is 1. The fourth-order valence-corrected chi connectivity index (χ4v) is 5.03. The molecule has 0 spiro atoms. The van der Waals surface area contributed by atoms with E-state index < -0.39 is 35.4 Å². The van der Waals surface area contributed by atoms with Gasteiger partial charge in [0.05, 0.1) is 11.9 Å². The van der Waals surface area contributed by atoms with Gasteiger partial charge in [0.1, 0.15) is 11.7 Å². The first-order chi connectivity index (χ1) is 19.2. The maximum atomic E-state index is 12.8. The van der Waals surface area contributed by atoms with Gasteiger partial charge in [-0.05, 0) is 30.5 Å². The van der Waals surface area contributed by atoms with Gasteiger partial charge >= 0.3 is 0 Å². The summed E-state index contributed by atoms with van der Waals surface area (Å²) in [6.07, 6.45) is 0.927. The highest BCUT2D eigenvalue weighted by atomic mass is 16.3. The molecule has 3 atom stereocenters. The first kappa shape index (κ1) is 28.7. The van der Waals surface area contributed by atoms with Crippen molar-refractivity contribution in [3.05, 3.63) is 78.0 Å². The van der Waals surface area contributed by atoms with Crippen molar-refractivity contribution in [2.24, 2.45) is 11.5 Å². The lowest BCUT2D eigenvalue weighted by molar-refractivity contribution is -0.153. The molecule has 1 aliphatic heterocycles. The lowest BCUT2D eigenvalue weighted by Crippen LogP contribution is -2.54. The number of benzene rings is 2. The zero-order chi connectivity index (χ0) is 28.7. The van der Waals surface area contributed by atoms with Gasteiger partial charge in [0.15, 0.2) is 5.72 Å². The molecule has 1 aromatic heterocycles. The van der Waals surface area contributed by atoms with Crippen LogP contribution >= 0.6 is 0 Å². The molecule has 1 fully saturated rings. The summed E-state index contributed by atoms with van der Waals surface area (Å²) < 4.78 is 0. The number of fused-ring (bicyclic) bond motifs is 1. The molecule has 11 nitrogen and oxygen atoms in total. The maximum Gasteiger partial charge on any atom is 0.270 e. The predicted molar refractivity (Wildman–Crippen MR) is 149 cm³/mol. The molecule has 11 heteroatoms. The molecule has 1 saturated heterocycles. The highest BCUT2D eigenvalue weighted by molar-refractivity contribution is 5.99. The number of amides is 4. The number of nitrogens with two attached hydrogens (primary N) is 2. The Hall–Kier alpha value is -4.35. The number of para-hydroxylation sites is 1. The van der Waals surface area contributed by atoms with Crippen LogP contribution in [0.3, 0.4) is 0 Å². The molecule has 40 heavy (non-hydrogen) atoms. The van der Waals surface area contributed by atoms with E-state index in [1.807, 2.05) is 42.5 Å². The average Bonchev–Trinajstić information content (AvgIpc) is 3.30. The number of hydrogen-bond acceptors (Lipinski definition) is 7. The molecule has 0 saturated carbocycles. The van der Waals surface area contributed by atoms with Gasteiger partial charge in [0.2, 0.25) is 11.8 Å². The molecule has 1 unspecified atom stereocenters. The van der Waals surface area contributed by atoms with Crippen LogP contribution in [0.15, 0.2) is 66.7 Å². The number of nitrogens with one attached hydrogen (secondary N) is 2. The summed E-state index contributed by atoms with van der Waals surface area (Å²) in [5.74, 6) is -2.70. The molecule has 210 valence electrons. The van der Waals surface area contributed by atoms with Crippen molar-refractivity contribution in [2.45, 2.75) is 43.4 Å². The topological polar surface area (TPSA) is 181 Å². The van der Waals surface area contributed by atoms with Crippen LogP contribution in [-0.2, 0) is 14.4 Å². The molecule has 7 N–H and O–H groups in total.